The molecule has 2 rings (SSSR count). The number of nitrogens with zero attached hydrogens (tertiary/aromatic N) is 2. The van der Waals surface area contributed by atoms with Crippen LogP contribution in [-0.4, -0.2) is 40.0 Å². The summed E-state index contributed by atoms with van der Waals surface area (Å²) < 4.78 is 0. The summed E-state index contributed by atoms with van der Waals surface area (Å²) in [6, 6.07) is 1.85. The summed E-state index contributed by atoms with van der Waals surface area (Å²) >= 11 is 0. The van der Waals surface area contributed by atoms with Gasteiger partial charge in [0.1, 0.15) is 0 Å². The number of carbonyl (C=O) groups excluding carboxylic acids is 1. The molecule has 1 aromatic rings. The van der Waals surface area contributed by atoms with Crippen LogP contribution >= 0.6 is 0 Å². The smallest absolute Gasteiger partial charge is 0.303 e. The van der Waals surface area contributed by atoms with Gasteiger partial charge in [0.25, 0.3) is 5.91 Å². The summed E-state index contributed by atoms with van der Waals surface area (Å²) in [5, 5.41) is 8.91. The molecule has 1 aliphatic rings. The summed E-state index contributed by atoms with van der Waals surface area (Å²) in [6.07, 6.45) is 5.41. The molecule has 114 valence electrons. The van der Waals surface area contributed by atoms with Crippen molar-refractivity contribution in [2.45, 2.75) is 33.1 Å². The van der Waals surface area contributed by atoms with Crippen molar-refractivity contribution in [1.82, 2.24) is 9.88 Å². The number of hydrogen-bond acceptors (Lipinski definition) is 3. The first-order valence-corrected chi connectivity index (χ1v) is 7.40. The predicted molar refractivity (Wildman–Crippen MR) is 79.0 cm³/mol. The first kappa shape index (κ1) is 15.5. The zero-order chi connectivity index (χ0) is 15.4. The number of carboxylic acids is 1. The number of likely N-dealkylation sites (tertiary alicyclic amines) is 1. The van der Waals surface area contributed by atoms with Gasteiger partial charge in [-0.1, -0.05) is 6.92 Å². The average Bonchev–Trinajstić information content (AvgIpc) is 2.46. The quantitative estimate of drug-likeness (QED) is 0.924. The van der Waals surface area contributed by atoms with Crippen LogP contribution in [0.2, 0.25) is 0 Å². The lowest BCUT2D eigenvalue weighted by atomic mass is 9.84. The Bertz CT molecular complexity index is 530. The van der Waals surface area contributed by atoms with E-state index < -0.39 is 5.97 Å². The standard InChI is InChI=1S/C16H22N2O3/c1-11-6-14(9-17-8-11)16(21)18-5-3-4-13(10-18)12(2)7-15(19)20/h6,8-9,12-13H,3-5,7,10H2,1-2H3,(H,19,20). The summed E-state index contributed by atoms with van der Waals surface area (Å²) in [5.41, 5.74) is 1.58. The Morgan fingerprint density at radius 3 is 2.90 bits per heavy atom. The van der Waals surface area contributed by atoms with Crippen molar-refractivity contribution in [1.29, 1.82) is 0 Å². The lowest BCUT2D eigenvalue weighted by molar-refractivity contribution is -0.138. The summed E-state index contributed by atoms with van der Waals surface area (Å²) in [4.78, 5) is 29.3. The number of aryl methyl sites for hydroxylation is 1. The molecule has 1 amide bonds. The lowest BCUT2D eigenvalue weighted by Crippen LogP contribution is -2.42. The molecule has 1 aliphatic heterocycles. The number of pyridine rings is 1. The first-order valence-electron chi connectivity index (χ1n) is 7.40. The molecule has 0 bridgehead atoms. The van der Waals surface area contributed by atoms with Crippen LogP contribution in [0.4, 0.5) is 0 Å². The van der Waals surface area contributed by atoms with E-state index in [2.05, 4.69) is 4.98 Å². The van der Waals surface area contributed by atoms with E-state index in [1.165, 1.54) is 0 Å². The average molecular weight is 290 g/mol. The third-order valence-electron chi connectivity index (χ3n) is 4.17. The highest BCUT2D eigenvalue weighted by molar-refractivity contribution is 5.94. The first-order chi connectivity index (χ1) is 9.97. The van der Waals surface area contributed by atoms with Crippen molar-refractivity contribution < 1.29 is 14.7 Å². The van der Waals surface area contributed by atoms with Gasteiger partial charge in [0.2, 0.25) is 0 Å². The Labute approximate surface area is 125 Å². The maximum absolute atomic E-state index is 12.5. The number of amides is 1. The van der Waals surface area contributed by atoms with Crippen LogP contribution in [0.5, 0.6) is 0 Å². The van der Waals surface area contributed by atoms with Crippen molar-refractivity contribution in [2.75, 3.05) is 13.1 Å². The zero-order valence-corrected chi connectivity index (χ0v) is 12.6. The van der Waals surface area contributed by atoms with Crippen molar-refractivity contribution in [2.24, 2.45) is 11.8 Å². The molecule has 0 aromatic carbocycles. The Morgan fingerprint density at radius 1 is 1.48 bits per heavy atom. The molecule has 5 heteroatoms. The molecule has 0 saturated carbocycles. The van der Waals surface area contributed by atoms with Gasteiger partial charge in [0.15, 0.2) is 0 Å². The fourth-order valence-corrected chi connectivity index (χ4v) is 2.96. The minimum absolute atomic E-state index is 0.00146. The van der Waals surface area contributed by atoms with Crippen molar-refractivity contribution in [3.8, 4) is 0 Å². The van der Waals surface area contributed by atoms with Gasteiger partial charge in [-0.25, -0.2) is 0 Å². The predicted octanol–water partition coefficient (Wildman–Crippen LogP) is 2.35. The van der Waals surface area contributed by atoms with Crippen molar-refractivity contribution in [3.05, 3.63) is 29.6 Å². The van der Waals surface area contributed by atoms with E-state index in [0.29, 0.717) is 12.1 Å². The van der Waals surface area contributed by atoms with E-state index in [4.69, 9.17) is 5.11 Å². The molecule has 1 saturated heterocycles. The van der Waals surface area contributed by atoms with E-state index in [-0.39, 0.29) is 24.2 Å². The van der Waals surface area contributed by atoms with E-state index in [1.54, 1.807) is 12.4 Å². The second-order valence-electron chi connectivity index (χ2n) is 5.98. The van der Waals surface area contributed by atoms with Gasteiger partial charge >= 0.3 is 5.97 Å². The number of carbonyl (C=O) groups is 2. The summed E-state index contributed by atoms with van der Waals surface area (Å²) in [5.74, 6) is -0.419. The number of carboxylic acid groups (broad SMARTS) is 1. The molecule has 1 aromatic heterocycles. The van der Waals surface area contributed by atoms with Gasteiger partial charge in [-0.15, -0.1) is 0 Å². The molecule has 1 fully saturated rings. The monoisotopic (exact) mass is 290 g/mol. The van der Waals surface area contributed by atoms with Crippen molar-refractivity contribution in [3.63, 3.8) is 0 Å². The number of aromatic nitrogens is 1. The highest BCUT2D eigenvalue weighted by Crippen LogP contribution is 2.27. The van der Waals surface area contributed by atoms with Gasteiger partial charge in [0.05, 0.1) is 5.56 Å². The maximum atomic E-state index is 12.5. The largest absolute Gasteiger partial charge is 0.481 e. The summed E-state index contributed by atoms with van der Waals surface area (Å²) in [6.45, 7) is 5.25. The Balaban J connectivity index is 2.03. The molecule has 0 radical (unpaired) electrons. The number of hydrogen-bond donors (Lipinski definition) is 1. The minimum atomic E-state index is -0.770. The fourth-order valence-electron chi connectivity index (χ4n) is 2.96. The highest BCUT2D eigenvalue weighted by Gasteiger charge is 2.28. The maximum Gasteiger partial charge on any atom is 0.303 e. The Morgan fingerprint density at radius 2 is 2.24 bits per heavy atom. The van der Waals surface area contributed by atoms with E-state index in [9.17, 15) is 9.59 Å². The van der Waals surface area contributed by atoms with Crippen molar-refractivity contribution >= 4 is 11.9 Å². The molecule has 2 atom stereocenters. The van der Waals surface area contributed by atoms with Gasteiger partial charge in [0, 0.05) is 31.9 Å². The zero-order valence-electron chi connectivity index (χ0n) is 12.6. The lowest BCUT2D eigenvalue weighted by Gasteiger charge is -2.35. The fraction of sp³-hybridized carbons (Fsp3) is 0.562. The third-order valence-corrected chi connectivity index (χ3v) is 4.17. The van der Waals surface area contributed by atoms with Gasteiger partial charge < -0.3 is 10.0 Å². The van der Waals surface area contributed by atoms with Gasteiger partial charge in [-0.05, 0) is 43.2 Å². The molecule has 2 unspecified atom stereocenters. The number of rotatable bonds is 4. The molecular weight excluding hydrogens is 268 g/mol. The molecule has 5 nitrogen and oxygen atoms in total. The van der Waals surface area contributed by atoms with Crippen LogP contribution in [0.25, 0.3) is 0 Å². The van der Waals surface area contributed by atoms with Crippen LogP contribution in [0.1, 0.15) is 42.1 Å². The normalized spacial score (nSPS) is 20.1. The molecule has 1 N–H and O–H groups in total. The number of piperidine rings is 1. The Kier molecular flexibility index (Phi) is 4.94. The van der Waals surface area contributed by atoms with Crippen LogP contribution in [0, 0.1) is 18.8 Å². The molecule has 2 heterocycles. The molecular formula is C16H22N2O3. The SMILES string of the molecule is Cc1cncc(C(=O)N2CCCC(C(C)CC(=O)O)C2)c1. The highest BCUT2D eigenvalue weighted by atomic mass is 16.4. The third kappa shape index (κ3) is 4.03. The Hall–Kier alpha value is -1.91. The number of aliphatic carboxylic acids is 1. The molecule has 21 heavy (non-hydrogen) atoms. The second kappa shape index (κ2) is 6.70. The van der Waals surface area contributed by atoms with Crippen LogP contribution in [-0.2, 0) is 4.79 Å². The van der Waals surface area contributed by atoms with Gasteiger partial charge in [-0.3, -0.25) is 14.6 Å². The van der Waals surface area contributed by atoms with E-state index >= 15 is 0 Å². The van der Waals surface area contributed by atoms with Gasteiger partial charge in [-0.2, -0.15) is 0 Å². The van der Waals surface area contributed by atoms with E-state index in [1.807, 2.05) is 24.8 Å². The van der Waals surface area contributed by atoms with E-state index in [0.717, 1.165) is 24.9 Å². The van der Waals surface area contributed by atoms with Crippen LogP contribution in [0.3, 0.4) is 0 Å². The topological polar surface area (TPSA) is 70.5 Å². The second-order valence-corrected chi connectivity index (χ2v) is 5.98. The minimum Gasteiger partial charge on any atom is -0.481 e. The molecule has 0 spiro atoms. The molecule has 0 aliphatic carbocycles. The van der Waals surface area contributed by atoms with Crippen LogP contribution in [0.15, 0.2) is 18.5 Å². The van der Waals surface area contributed by atoms with Crippen LogP contribution < -0.4 is 0 Å². The summed E-state index contributed by atoms with van der Waals surface area (Å²) in [7, 11) is 0.